The summed E-state index contributed by atoms with van der Waals surface area (Å²) in [5.41, 5.74) is 8.21. The molecule has 1 rings (SSSR count). The summed E-state index contributed by atoms with van der Waals surface area (Å²) in [7, 11) is 0. The first-order chi connectivity index (χ1) is 7.17. The Labute approximate surface area is 92.4 Å². The summed E-state index contributed by atoms with van der Waals surface area (Å²) < 4.78 is 5.73. The molecule has 2 N–H and O–H groups in total. The van der Waals surface area contributed by atoms with E-state index in [1.807, 2.05) is 13.8 Å². The first-order valence-electron chi connectivity index (χ1n) is 5.61. The van der Waals surface area contributed by atoms with E-state index in [0.717, 1.165) is 6.42 Å². The molecule has 0 spiro atoms. The Hall–Kier alpha value is -0.860. The van der Waals surface area contributed by atoms with Gasteiger partial charge in [-0.15, -0.1) is 0 Å². The van der Waals surface area contributed by atoms with E-state index in [1.54, 1.807) is 0 Å². The second kappa shape index (κ2) is 5.89. The third-order valence-corrected chi connectivity index (χ3v) is 2.41. The predicted molar refractivity (Wildman–Crippen MR) is 63.8 cm³/mol. The highest BCUT2D eigenvalue weighted by molar-refractivity contribution is 5.24. The van der Waals surface area contributed by atoms with Crippen LogP contribution in [0, 0.1) is 0 Å². The molecule has 0 bridgehead atoms. The van der Waals surface area contributed by atoms with E-state index in [0.29, 0.717) is 6.54 Å². The summed E-state index contributed by atoms with van der Waals surface area (Å²) in [6.07, 6.45) is 1.30. The fourth-order valence-electron chi connectivity index (χ4n) is 1.57. The first kappa shape index (κ1) is 12.2. The van der Waals surface area contributed by atoms with Crippen molar-refractivity contribution >= 4 is 0 Å². The summed E-state index contributed by atoms with van der Waals surface area (Å²) in [4.78, 5) is 0. The van der Waals surface area contributed by atoms with Gasteiger partial charge in [-0.05, 0) is 31.4 Å². The van der Waals surface area contributed by atoms with Crippen LogP contribution in [0.4, 0.5) is 0 Å². The maximum Gasteiger partial charge on any atom is 0.0950 e. The molecule has 2 heteroatoms. The Kier molecular flexibility index (Phi) is 4.79. The third kappa shape index (κ3) is 3.65. The maximum atomic E-state index is 5.73. The lowest BCUT2D eigenvalue weighted by Crippen LogP contribution is -2.19. The van der Waals surface area contributed by atoms with Gasteiger partial charge in [-0.25, -0.2) is 0 Å². The summed E-state index contributed by atoms with van der Waals surface area (Å²) >= 11 is 0. The molecule has 84 valence electrons. The molecular weight excluding hydrogens is 186 g/mol. The van der Waals surface area contributed by atoms with Crippen molar-refractivity contribution in [3.8, 4) is 0 Å². The molecule has 0 aliphatic heterocycles. The van der Waals surface area contributed by atoms with Gasteiger partial charge in [0.1, 0.15) is 0 Å². The first-order valence-corrected chi connectivity index (χ1v) is 5.61. The highest BCUT2D eigenvalue weighted by atomic mass is 16.5. The van der Waals surface area contributed by atoms with Crippen LogP contribution in [0.3, 0.4) is 0 Å². The van der Waals surface area contributed by atoms with Crippen LogP contribution in [-0.4, -0.2) is 12.6 Å². The van der Waals surface area contributed by atoms with Gasteiger partial charge in [0.25, 0.3) is 0 Å². The van der Waals surface area contributed by atoms with E-state index in [1.165, 1.54) is 11.1 Å². The van der Waals surface area contributed by atoms with E-state index in [-0.39, 0.29) is 12.2 Å². The molecule has 0 unspecified atom stereocenters. The molecule has 15 heavy (non-hydrogen) atoms. The summed E-state index contributed by atoms with van der Waals surface area (Å²) in [6, 6.07) is 8.50. The number of hydrogen-bond acceptors (Lipinski definition) is 2. The van der Waals surface area contributed by atoms with E-state index in [4.69, 9.17) is 10.5 Å². The molecule has 0 amide bonds. The van der Waals surface area contributed by atoms with E-state index in [9.17, 15) is 0 Å². The van der Waals surface area contributed by atoms with Gasteiger partial charge in [0, 0.05) is 6.54 Å². The quantitative estimate of drug-likeness (QED) is 0.805. The average molecular weight is 207 g/mol. The van der Waals surface area contributed by atoms with Gasteiger partial charge in [-0.2, -0.15) is 0 Å². The summed E-state index contributed by atoms with van der Waals surface area (Å²) in [5, 5.41) is 0. The van der Waals surface area contributed by atoms with Crippen LogP contribution >= 0.6 is 0 Å². The van der Waals surface area contributed by atoms with E-state index >= 15 is 0 Å². The Morgan fingerprint density at radius 1 is 1.20 bits per heavy atom. The number of nitrogens with two attached hydrogens (primary N) is 1. The molecular formula is C13H21NO. The zero-order valence-corrected chi connectivity index (χ0v) is 9.86. The Morgan fingerprint density at radius 3 is 2.20 bits per heavy atom. The minimum absolute atomic E-state index is 0.0240. The Bertz CT molecular complexity index is 279. The Morgan fingerprint density at radius 2 is 1.80 bits per heavy atom. The smallest absolute Gasteiger partial charge is 0.0950 e. The normalized spacial score (nSPS) is 13.1. The number of benzene rings is 1. The lowest BCUT2D eigenvalue weighted by molar-refractivity contribution is 0.0119. The summed E-state index contributed by atoms with van der Waals surface area (Å²) in [6.45, 7) is 6.75. The van der Waals surface area contributed by atoms with Crippen molar-refractivity contribution in [1.29, 1.82) is 0 Å². The fourth-order valence-corrected chi connectivity index (χ4v) is 1.57. The van der Waals surface area contributed by atoms with Crippen LogP contribution in [0.25, 0.3) is 0 Å². The molecule has 1 atom stereocenters. The van der Waals surface area contributed by atoms with E-state index < -0.39 is 0 Å². The van der Waals surface area contributed by atoms with Gasteiger partial charge in [-0.1, -0.05) is 31.2 Å². The van der Waals surface area contributed by atoms with Crippen molar-refractivity contribution in [3.05, 3.63) is 35.4 Å². The number of aryl methyl sites for hydroxylation is 1. The fraction of sp³-hybridized carbons (Fsp3) is 0.538. The number of hydrogen-bond donors (Lipinski definition) is 1. The van der Waals surface area contributed by atoms with Crippen molar-refractivity contribution in [3.63, 3.8) is 0 Å². The van der Waals surface area contributed by atoms with Crippen LogP contribution in [0.1, 0.15) is 38.0 Å². The second-order valence-electron chi connectivity index (χ2n) is 4.00. The van der Waals surface area contributed by atoms with Gasteiger partial charge in [-0.3, -0.25) is 0 Å². The number of ether oxygens (including phenoxy) is 1. The van der Waals surface area contributed by atoms with Crippen LogP contribution in [0.2, 0.25) is 0 Å². The molecule has 2 nitrogen and oxygen atoms in total. The maximum absolute atomic E-state index is 5.73. The zero-order valence-electron chi connectivity index (χ0n) is 9.86. The molecule has 0 radical (unpaired) electrons. The monoisotopic (exact) mass is 207 g/mol. The standard InChI is InChI=1S/C13H21NO/c1-4-11-5-7-12(8-6-11)13(9-14)15-10(2)3/h5-8,10,13H,4,9,14H2,1-3H3/t13-/m0/s1. The number of rotatable bonds is 5. The van der Waals surface area contributed by atoms with Gasteiger partial charge in [0.15, 0.2) is 0 Å². The van der Waals surface area contributed by atoms with Crippen LogP contribution in [-0.2, 0) is 11.2 Å². The molecule has 0 saturated heterocycles. The summed E-state index contributed by atoms with van der Waals surface area (Å²) in [5.74, 6) is 0. The molecule has 0 aliphatic rings. The van der Waals surface area contributed by atoms with Crippen LogP contribution in [0.5, 0.6) is 0 Å². The van der Waals surface area contributed by atoms with Crippen molar-refractivity contribution < 1.29 is 4.74 Å². The third-order valence-electron chi connectivity index (χ3n) is 2.41. The van der Waals surface area contributed by atoms with Crippen molar-refractivity contribution in [1.82, 2.24) is 0 Å². The predicted octanol–water partition coefficient (Wildman–Crippen LogP) is 2.67. The second-order valence-corrected chi connectivity index (χ2v) is 4.00. The largest absolute Gasteiger partial charge is 0.370 e. The molecule has 1 aromatic carbocycles. The lowest BCUT2D eigenvalue weighted by atomic mass is 10.1. The molecule has 0 fully saturated rings. The molecule has 0 aliphatic carbocycles. The SMILES string of the molecule is CCc1ccc([C@H](CN)OC(C)C)cc1. The average Bonchev–Trinajstić information content (AvgIpc) is 2.26. The van der Waals surface area contributed by atoms with Crippen molar-refractivity contribution in [2.75, 3.05) is 6.54 Å². The zero-order chi connectivity index (χ0) is 11.3. The molecule has 0 saturated carbocycles. The lowest BCUT2D eigenvalue weighted by Gasteiger charge is -2.19. The van der Waals surface area contributed by atoms with Crippen molar-refractivity contribution in [2.24, 2.45) is 5.73 Å². The minimum Gasteiger partial charge on any atom is -0.370 e. The van der Waals surface area contributed by atoms with Gasteiger partial charge >= 0.3 is 0 Å². The minimum atomic E-state index is 0.0240. The van der Waals surface area contributed by atoms with Crippen LogP contribution in [0.15, 0.2) is 24.3 Å². The van der Waals surface area contributed by atoms with Gasteiger partial charge in [0.2, 0.25) is 0 Å². The van der Waals surface area contributed by atoms with Crippen LogP contribution < -0.4 is 5.73 Å². The Balaban J connectivity index is 2.74. The van der Waals surface area contributed by atoms with E-state index in [2.05, 4.69) is 31.2 Å². The molecule has 0 aromatic heterocycles. The highest BCUT2D eigenvalue weighted by Gasteiger charge is 2.11. The van der Waals surface area contributed by atoms with Gasteiger partial charge < -0.3 is 10.5 Å². The molecule has 0 heterocycles. The van der Waals surface area contributed by atoms with Gasteiger partial charge in [0.05, 0.1) is 12.2 Å². The highest BCUT2D eigenvalue weighted by Crippen LogP contribution is 2.18. The topological polar surface area (TPSA) is 35.2 Å². The molecule has 1 aromatic rings. The van der Waals surface area contributed by atoms with Crippen molar-refractivity contribution in [2.45, 2.75) is 39.4 Å².